The van der Waals surface area contributed by atoms with E-state index in [4.69, 9.17) is 4.74 Å². The van der Waals surface area contributed by atoms with Crippen molar-refractivity contribution in [2.24, 2.45) is 0 Å². The van der Waals surface area contributed by atoms with Gasteiger partial charge in [-0.15, -0.1) is 0 Å². The van der Waals surface area contributed by atoms with Gasteiger partial charge in [-0.1, -0.05) is 30.3 Å². The first-order chi connectivity index (χ1) is 12.9. The predicted molar refractivity (Wildman–Crippen MR) is 104 cm³/mol. The van der Waals surface area contributed by atoms with Gasteiger partial charge in [0.15, 0.2) is 6.61 Å². The molecule has 6 nitrogen and oxygen atoms in total. The first kappa shape index (κ1) is 18.4. The van der Waals surface area contributed by atoms with Gasteiger partial charge in [-0.05, 0) is 44.5 Å². The number of ether oxygens (including phenoxy) is 1. The lowest BCUT2D eigenvalue weighted by molar-refractivity contribution is -0.119. The van der Waals surface area contributed by atoms with Gasteiger partial charge in [-0.3, -0.25) is 4.79 Å². The summed E-state index contributed by atoms with van der Waals surface area (Å²) in [5.41, 5.74) is 4.84. The molecular formula is C21H21N3O3. The van der Waals surface area contributed by atoms with Crippen LogP contribution in [0.1, 0.15) is 27.3 Å². The van der Waals surface area contributed by atoms with Gasteiger partial charge in [-0.25, -0.2) is 9.78 Å². The van der Waals surface area contributed by atoms with Crippen molar-refractivity contribution < 1.29 is 14.3 Å². The molecule has 0 fully saturated rings. The van der Waals surface area contributed by atoms with Crippen LogP contribution in [0.2, 0.25) is 0 Å². The van der Waals surface area contributed by atoms with Crippen molar-refractivity contribution in [3.05, 3.63) is 71.0 Å². The molecule has 0 saturated heterocycles. The Labute approximate surface area is 157 Å². The van der Waals surface area contributed by atoms with Crippen molar-refractivity contribution in [2.75, 3.05) is 11.9 Å². The second-order valence-corrected chi connectivity index (χ2v) is 6.31. The van der Waals surface area contributed by atoms with E-state index in [-0.39, 0.29) is 12.5 Å². The maximum Gasteiger partial charge on any atom is 0.338 e. The van der Waals surface area contributed by atoms with Gasteiger partial charge in [0.1, 0.15) is 5.82 Å². The normalized spacial score (nSPS) is 10.5. The average Bonchev–Trinajstić information content (AvgIpc) is 3.00. The van der Waals surface area contributed by atoms with E-state index in [1.165, 1.54) is 0 Å². The molecule has 0 unspecified atom stereocenters. The largest absolute Gasteiger partial charge is 0.452 e. The van der Waals surface area contributed by atoms with Gasteiger partial charge in [0.05, 0.1) is 11.3 Å². The molecule has 0 aliphatic rings. The third kappa shape index (κ3) is 4.41. The molecule has 1 heterocycles. The summed E-state index contributed by atoms with van der Waals surface area (Å²) in [5.74, 6) is -0.174. The number of aromatic nitrogens is 2. The molecule has 0 atom stereocenters. The number of benzene rings is 2. The molecule has 3 rings (SSSR count). The molecule has 2 aromatic carbocycles. The summed E-state index contributed by atoms with van der Waals surface area (Å²) in [7, 11) is 0. The highest BCUT2D eigenvalue weighted by molar-refractivity contribution is 5.96. The molecule has 1 amide bonds. The maximum atomic E-state index is 12.1. The summed E-state index contributed by atoms with van der Waals surface area (Å²) in [6, 6.07) is 14.3. The van der Waals surface area contributed by atoms with E-state index in [1.54, 1.807) is 30.3 Å². The Morgan fingerprint density at radius 3 is 2.37 bits per heavy atom. The highest BCUT2D eigenvalue weighted by atomic mass is 16.5. The lowest BCUT2D eigenvalue weighted by Crippen LogP contribution is -2.21. The first-order valence-electron chi connectivity index (χ1n) is 8.60. The smallest absolute Gasteiger partial charge is 0.338 e. The number of H-pyrrole nitrogens is 1. The zero-order chi connectivity index (χ0) is 19.4. The van der Waals surface area contributed by atoms with E-state index >= 15 is 0 Å². The van der Waals surface area contributed by atoms with Gasteiger partial charge in [0.25, 0.3) is 5.91 Å². The number of carbonyl (C=O) groups excluding carboxylic acids is 2. The van der Waals surface area contributed by atoms with Gasteiger partial charge in [0, 0.05) is 16.9 Å². The number of carbonyl (C=O) groups is 2. The molecular weight excluding hydrogens is 342 g/mol. The predicted octanol–water partition coefficient (Wildman–Crippen LogP) is 3.80. The number of imidazole rings is 1. The second-order valence-electron chi connectivity index (χ2n) is 6.31. The Morgan fingerprint density at radius 1 is 1.04 bits per heavy atom. The Balaban J connectivity index is 1.58. The highest BCUT2D eigenvalue weighted by Gasteiger charge is 2.12. The number of para-hydroxylation sites is 1. The van der Waals surface area contributed by atoms with Gasteiger partial charge in [0.2, 0.25) is 0 Å². The summed E-state index contributed by atoms with van der Waals surface area (Å²) in [6.07, 6.45) is 0. The number of rotatable bonds is 5. The van der Waals surface area contributed by atoms with E-state index in [1.807, 2.05) is 39.0 Å². The fraction of sp³-hybridized carbons (Fsp3) is 0.190. The molecule has 3 aromatic rings. The van der Waals surface area contributed by atoms with Crippen LogP contribution in [0.25, 0.3) is 11.4 Å². The second kappa shape index (κ2) is 7.86. The van der Waals surface area contributed by atoms with Crippen LogP contribution in [-0.2, 0) is 9.53 Å². The fourth-order valence-corrected chi connectivity index (χ4v) is 2.56. The SMILES string of the molecule is Cc1ccccc1NC(=O)COC(=O)c1ccc(-c2nc(C)c(C)[nH]2)cc1. The van der Waals surface area contributed by atoms with E-state index in [0.29, 0.717) is 11.3 Å². The molecule has 0 radical (unpaired) electrons. The molecule has 0 saturated carbocycles. The van der Waals surface area contributed by atoms with E-state index in [2.05, 4.69) is 15.3 Å². The Bertz CT molecular complexity index is 955. The third-order valence-corrected chi connectivity index (χ3v) is 4.28. The molecule has 6 heteroatoms. The van der Waals surface area contributed by atoms with Crippen LogP contribution in [0, 0.1) is 20.8 Å². The molecule has 2 N–H and O–H groups in total. The standard InChI is InChI=1S/C21H21N3O3/c1-13-6-4-5-7-18(13)24-19(25)12-27-21(26)17-10-8-16(9-11-17)20-22-14(2)15(3)23-20/h4-11H,12H2,1-3H3,(H,22,23)(H,24,25). The lowest BCUT2D eigenvalue weighted by atomic mass is 10.1. The van der Waals surface area contributed by atoms with Crippen molar-refractivity contribution in [2.45, 2.75) is 20.8 Å². The van der Waals surface area contributed by atoms with Crippen LogP contribution >= 0.6 is 0 Å². The molecule has 138 valence electrons. The van der Waals surface area contributed by atoms with Gasteiger partial charge < -0.3 is 15.0 Å². The summed E-state index contributed by atoms with van der Waals surface area (Å²) < 4.78 is 5.10. The molecule has 0 aliphatic heterocycles. The highest BCUT2D eigenvalue weighted by Crippen LogP contribution is 2.19. The maximum absolute atomic E-state index is 12.1. The summed E-state index contributed by atoms with van der Waals surface area (Å²) in [6.45, 7) is 5.44. The van der Waals surface area contributed by atoms with Crippen LogP contribution in [0.15, 0.2) is 48.5 Å². The number of anilines is 1. The topological polar surface area (TPSA) is 84.1 Å². The van der Waals surface area contributed by atoms with E-state index in [0.717, 1.165) is 28.3 Å². The Morgan fingerprint density at radius 2 is 1.74 bits per heavy atom. The minimum Gasteiger partial charge on any atom is -0.452 e. The van der Waals surface area contributed by atoms with Crippen molar-refractivity contribution in [3.8, 4) is 11.4 Å². The lowest BCUT2D eigenvalue weighted by Gasteiger charge is -2.09. The first-order valence-corrected chi connectivity index (χ1v) is 8.60. The minimum atomic E-state index is -0.548. The summed E-state index contributed by atoms with van der Waals surface area (Å²) in [5, 5.41) is 2.73. The summed E-state index contributed by atoms with van der Waals surface area (Å²) >= 11 is 0. The molecule has 0 spiro atoms. The van der Waals surface area contributed by atoms with E-state index < -0.39 is 5.97 Å². The molecule has 1 aromatic heterocycles. The molecule has 27 heavy (non-hydrogen) atoms. The Kier molecular flexibility index (Phi) is 5.35. The van der Waals surface area contributed by atoms with Crippen LogP contribution in [0.4, 0.5) is 5.69 Å². The number of nitrogens with zero attached hydrogens (tertiary/aromatic N) is 1. The van der Waals surface area contributed by atoms with Crippen molar-refractivity contribution in [1.82, 2.24) is 9.97 Å². The zero-order valence-electron chi connectivity index (χ0n) is 15.5. The quantitative estimate of drug-likeness (QED) is 0.676. The number of aryl methyl sites for hydroxylation is 3. The monoisotopic (exact) mass is 363 g/mol. The third-order valence-electron chi connectivity index (χ3n) is 4.28. The van der Waals surface area contributed by atoms with Gasteiger partial charge >= 0.3 is 5.97 Å². The van der Waals surface area contributed by atoms with Gasteiger partial charge in [-0.2, -0.15) is 0 Å². The van der Waals surface area contributed by atoms with Crippen LogP contribution in [0.5, 0.6) is 0 Å². The van der Waals surface area contributed by atoms with Crippen LogP contribution < -0.4 is 5.32 Å². The van der Waals surface area contributed by atoms with Crippen molar-refractivity contribution >= 4 is 17.6 Å². The van der Waals surface area contributed by atoms with Crippen molar-refractivity contribution in [3.63, 3.8) is 0 Å². The summed E-state index contributed by atoms with van der Waals surface area (Å²) in [4.78, 5) is 31.8. The number of hydrogen-bond donors (Lipinski definition) is 2. The van der Waals surface area contributed by atoms with Crippen LogP contribution in [-0.4, -0.2) is 28.5 Å². The number of esters is 1. The average molecular weight is 363 g/mol. The van der Waals surface area contributed by atoms with Crippen LogP contribution in [0.3, 0.4) is 0 Å². The number of amides is 1. The number of nitrogens with one attached hydrogen (secondary N) is 2. The molecule has 0 bridgehead atoms. The zero-order valence-corrected chi connectivity index (χ0v) is 15.5. The number of aromatic amines is 1. The van der Waals surface area contributed by atoms with E-state index in [9.17, 15) is 9.59 Å². The Hall–Kier alpha value is -3.41. The van der Waals surface area contributed by atoms with Crippen molar-refractivity contribution in [1.29, 1.82) is 0 Å². The number of hydrogen-bond acceptors (Lipinski definition) is 4. The minimum absolute atomic E-state index is 0.342. The molecule has 0 aliphatic carbocycles. The fourth-order valence-electron chi connectivity index (χ4n) is 2.56.